The summed E-state index contributed by atoms with van der Waals surface area (Å²) in [7, 11) is 0. The number of halogens is 2. The molecule has 16 heavy (non-hydrogen) atoms. The van der Waals surface area contributed by atoms with Crippen LogP contribution in [0.5, 0.6) is 0 Å². The highest BCUT2D eigenvalue weighted by Gasteiger charge is 2.05. The van der Waals surface area contributed by atoms with E-state index < -0.39 is 0 Å². The molecule has 90 valence electrons. The Labute approximate surface area is 119 Å². The lowest BCUT2D eigenvalue weighted by molar-refractivity contribution is 0.541. The van der Waals surface area contributed by atoms with Gasteiger partial charge in [-0.05, 0) is 62.2 Å². The van der Waals surface area contributed by atoms with E-state index in [1.54, 1.807) is 0 Å². The standard InChI is InChI=1S/C12H17Br2NS/c1-3-10(8-16-2)15-7-9-4-5-11(13)12(14)6-9/h4-6,10,15H,3,7-8H2,1-2H3. The molecule has 0 saturated heterocycles. The molecule has 0 aliphatic rings. The maximum Gasteiger partial charge on any atom is 0.0320 e. The predicted octanol–water partition coefficient (Wildman–Crippen LogP) is 4.44. The van der Waals surface area contributed by atoms with E-state index in [4.69, 9.17) is 0 Å². The van der Waals surface area contributed by atoms with Crippen molar-refractivity contribution in [3.05, 3.63) is 32.7 Å². The fourth-order valence-electron chi connectivity index (χ4n) is 1.43. The van der Waals surface area contributed by atoms with Crippen molar-refractivity contribution >= 4 is 43.6 Å². The van der Waals surface area contributed by atoms with E-state index in [1.165, 1.54) is 17.7 Å². The molecule has 4 heteroatoms. The molecule has 0 aliphatic heterocycles. The summed E-state index contributed by atoms with van der Waals surface area (Å²) < 4.78 is 2.22. The van der Waals surface area contributed by atoms with Crippen LogP contribution >= 0.6 is 43.6 Å². The Morgan fingerprint density at radius 3 is 2.62 bits per heavy atom. The van der Waals surface area contributed by atoms with Crippen molar-refractivity contribution in [2.45, 2.75) is 25.9 Å². The van der Waals surface area contributed by atoms with E-state index in [9.17, 15) is 0 Å². The van der Waals surface area contributed by atoms with Gasteiger partial charge in [-0.3, -0.25) is 0 Å². The minimum Gasteiger partial charge on any atom is -0.309 e. The molecule has 1 nitrogen and oxygen atoms in total. The lowest BCUT2D eigenvalue weighted by atomic mass is 10.2. The molecule has 1 N–H and O–H groups in total. The van der Waals surface area contributed by atoms with Gasteiger partial charge in [0.15, 0.2) is 0 Å². The minimum atomic E-state index is 0.609. The second-order valence-corrected chi connectivity index (χ2v) is 6.31. The SMILES string of the molecule is CCC(CSC)NCc1ccc(Br)c(Br)c1. The summed E-state index contributed by atoms with van der Waals surface area (Å²) in [5, 5.41) is 3.58. The van der Waals surface area contributed by atoms with Gasteiger partial charge in [0.05, 0.1) is 0 Å². The van der Waals surface area contributed by atoms with Gasteiger partial charge in [-0.1, -0.05) is 13.0 Å². The van der Waals surface area contributed by atoms with Crippen LogP contribution in [-0.2, 0) is 6.54 Å². The van der Waals surface area contributed by atoms with Gasteiger partial charge in [0.1, 0.15) is 0 Å². The van der Waals surface area contributed by atoms with E-state index in [0.29, 0.717) is 6.04 Å². The molecule has 0 amide bonds. The van der Waals surface area contributed by atoms with Crippen LogP contribution in [0, 0.1) is 0 Å². The first-order chi connectivity index (χ1) is 7.67. The van der Waals surface area contributed by atoms with Crippen LogP contribution in [-0.4, -0.2) is 18.1 Å². The van der Waals surface area contributed by atoms with Gasteiger partial charge < -0.3 is 5.32 Å². The summed E-state index contributed by atoms with van der Waals surface area (Å²) in [6.45, 7) is 3.16. The van der Waals surface area contributed by atoms with Gasteiger partial charge >= 0.3 is 0 Å². The van der Waals surface area contributed by atoms with Crippen LogP contribution in [0.25, 0.3) is 0 Å². The molecule has 1 atom stereocenters. The molecular weight excluding hydrogens is 350 g/mol. The maximum atomic E-state index is 3.58. The van der Waals surface area contributed by atoms with E-state index in [2.05, 4.69) is 68.6 Å². The molecule has 0 radical (unpaired) electrons. The second kappa shape index (κ2) is 7.75. The van der Waals surface area contributed by atoms with E-state index in [0.717, 1.165) is 15.5 Å². The fourth-order valence-corrected chi connectivity index (χ4v) is 2.86. The Bertz CT molecular complexity index is 331. The first-order valence-corrected chi connectivity index (χ1v) is 8.31. The Morgan fingerprint density at radius 1 is 1.31 bits per heavy atom. The third-order valence-electron chi connectivity index (χ3n) is 2.44. The molecule has 1 aromatic carbocycles. The highest BCUT2D eigenvalue weighted by Crippen LogP contribution is 2.23. The van der Waals surface area contributed by atoms with Crippen LogP contribution in [0.1, 0.15) is 18.9 Å². The van der Waals surface area contributed by atoms with E-state index >= 15 is 0 Å². The molecule has 0 fully saturated rings. The quantitative estimate of drug-likeness (QED) is 0.798. The zero-order chi connectivity index (χ0) is 12.0. The van der Waals surface area contributed by atoms with Gasteiger partial charge in [-0.2, -0.15) is 11.8 Å². The average molecular weight is 367 g/mol. The number of thioether (sulfide) groups is 1. The first-order valence-electron chi connectivity index (χ1n) is 5.33. The molecule has 0 aromatic heterocycles. The first kappa shape index (κ1) is 14.6. The van der Waals surface area contributed by atoms with Crippen LogP contribution in [0.2, 0.25) is 0 Å². The van der Waals surface area contributed by atoms with Gasteiger partial charge in [0, 0.05) is 27.3 Å². The van der Waals surface area contributed by atoms with Crippen LogP contribution in [0.4, 0.5) is 0 Å². The summed E-state index contributed by atoms with van der Waals surface area (Å²) in [6, 6.07) is 6.99. The summed E-state index contributed by atoms with van der Waals surface area (Å²) in [6.07, 6.45) is 3.33. The highest BCUT2D eigenvalue weighted by atomic mass is 79.9. The van der Waals surface area contributed by atoms with Gasteiger partial charge in [0.2, 0.25) is 0 Å². The summed E-state index contributed by atoms with van der Waals surface area (Å²) in [5.74, 6) is 1.17. The number of hydrogen-bond acceptors (Lipinski definition) is 2. The summed E-state index contributed by atoms with van der Waals surface area (Å²) in [4.78, 5) is 0. The largest absolute Gasteiger partial charge is 0.309 e. The predicted molar refractivity (Wildman–Crippen MR) is 81.1 cm³/mol. The molecule has 1 rings (SSSR count). The van der Waals surface area contributed by atoms with E-state index in [-0.39, 0.29) is 0 Å². The van der Waals surface area contributed by atoms with E-state index in [1.807, 2.05) is 11.8 Å². The molecule has 0 heterocycles. The molecule has 0 bridgehead atoms. The molecule has 1 unspecified atom stereocenters. The normalized spacial score (nSPS) is 12.8. The van der Waals surface area contributed by atoms with Gasteiger partial charge in [-0.15, -0.1) is 0 Å². The maximum absolute atomic E-state index is 3.58. The lowest BCUT2D eigenvalue weighted by Gasteiger charge is -2.15. The zero-order valence-corrected chi connectivity index (χ0v) is 13.6. The third-order valence-corrected chi connectivity index (χ3v) is 5.05. The van der Waals surface area contributed by atoms with Crippen LogP contribution in [0.15, 0.2) is 27.1 Å². The van der Waals surface area contributed by atoms with Crippen molar-refractivity contribution in [2.75, 3.05) is 12.0 Å². The summed E-state index contributed by atoms with van der Waals surface area (Å²) >= 11 is 8.90. The molecule has 0 saturated carbocycles. The average Bonchev–Trinajstić information content (AvgIpc) is 2.28. The second-order valence-electron chi connectivity index (χ2n) is 3.69. The number of hydrogen-bond donors (Lipinski definition) is 1. The van der Waals surface area contributed by atoms with Crippen molar-refractivity contribution < 1.29 is 0 Å². The van der Waals surface area contributed by atoms with Crippen LogP contribution in [0.3, 0.4) is 0 Å². The Kier molecular flexibility index (Phi) is 7.04. The minimum absolute atomic E-state index is 0.609. The van der Waals surface area contributed by atoms with Crippen molar-refractivity contribution in [2.24, 2.45) is 0 Å². The summed E-state index contributed by atoms with van der Waals surface area (Å²) in [5.41, 5.74) is 1.31. The molecule has 0 spiro atoms. The smallest absolute Gasteiger partial charge is 0.0320 e. The number of rotatable bonds is 6. The fraction of sp³-hybridized carbons (Fsp3) is 0.500. The molecule has 0 aliphatic carbocycles. The molecule has 1 aromatic rings. The number of nitrogens with one attached hydrogen (secondary N) is 1. The van der Waals surface area contributed by atoms with Gasteiger partial charge in [0.25, 0.3) is 0 Å². The van der Waals surface area contributed by atoms with Crippen molar-refractivity contribution in [3.8, 4) is 0 Å². The third kappa shape index (κ3) is 4.78. The topological polar surface area (TPSA) is 12.0 Å². The lowest BCUT2D eigenvalue weighted by Crippen LogP contribution is -2.30. The van der Waals surface area contributed by atoms with Crippen molar-refractivity contribution in [1.82, 2.24) is 5.32 Å². The monoisotopic (exact) mass is 365 g/mol. The Morgan fingerprint density at radius 2 is 2.06 bits per heavy atom. The molecular formula is C12H17Br2NS. The van der Waals surface area contributed by atoms with Crippen molar-refractivity contribution in [1.29, 1.82) is 0 Å². The Hall–Kier alpha value is 0.490. The highest BCUT2D eigenvalue weighted by molar-refractivity contribution is 9.13. The van der Waals surface area contributed by atoms with Crippen LogP contribution < -0.4 is 5.32 Å². The number of benzene rings is 1. The zero-order valence-electron chi connectivity index (χ0n) is 9.59. The van der Waals surface area contributed by atoms with Gasteiger partial charge in [-0.25, -0.2) is 0 Å². The Balaban J connectivity index is 2.50. The van der Waals surface area contributed by atoms with Crippen molar-refractivity contribution in [3.63, 3.8) is 0 Å².